The topological polar surface area (TPSA) is 75.2 Å². The van der Waals surface area contributed by atoms with Gasteiger partial charge < -0.3 is 10.2 Å². The van der Waals surface area contributed by atoms with E-state index in [0.29, 0.717) is 31.1 Å². The van der Waals surface area contributed by atoms with E-state index < -0.39 is 5.41 Å². The number of likely N-dealkylation sites (tertiary alicyclic amines) is 1. The predicted molar refractivity (Wildman–Crippen MR) is 130 cm³/mol. The largest absolute Gasteiger partial charge is 0.343 e. The molecule has 1 aliphatic rings. The Hall–Kier alpha value is -3.19. The number of carbonyl (C=O) groups excluding carboxylic acids is 2. The Morgan fingerprint density at radius 3 is 2.12 bits per heavy atom. The average molecular weight is 461 g/mol. The number of benzene rings is 2. The summed E-state index contributed by atoms with van der Waals surface area (Å²) in [6, 6.07) is 19.6. The van der Waals surface area contributed by atoms with Gasteiger partial charge in [-0.3, -0.25) is 9.59 Å². The van der Waals surface area contributed by atoms with Crippen LogP contribution in [0.2, 0.25) is 0 Å². The fourth-order valence-corrected chi connectivity index (χ4v) is 5.17. The monoisotopic (exact) mass is 460 g/mol. The second-order valence-corrected chi connectivity index (χ2v) is 9.51. The number of nitrogens with zero attached hydrogens (tertiary/aromatic N) is 3. The molecule has 0 atom stereocenters. The van der Waals surface area contributed by atoms with Crippen LogP contribution in [0.3, 0.4) is 0 Å². The lowest BCUT2D eigenvalue weighted by Gasteiger charge is -2.40. The zero-order valence-corrected chi connectivity index (χ0v) is 20.0. The van der Waals surface area contributed by atoms with E-state index in [-0.39, 0.29) is 11.8 Å². The van der Waals surface area contributed by atoms with Crippen molar-refractivity contribution in [3.05, 3.63) is 77.6 Å². The van der Waals surface area contributed by atoms with Crippen LogP contribution >= 0.6 is 11.8 Å². The summed E-state index contributed by atoms with van der Waals surface area (Å²) in [5, 5.41) is 3.83. The smallest absolute Gasteiger partial charge is 0.235 e. The molecule has 0 spiro atoms. The molecule has 33 heavy (non-hydrogen) atoms. The highest BCUT2D eigenvalue weighted by Crippen LogP contribution is 2.37. The maximum atomic E-state index is 13.6. The van der Waals surface area contributed by atoms with Gasteiger partial charge in [-0.15, -0.1) is 0 Å². The number of hydrogen-bond acceptors (Lipinski definition) is 5. The van der Waals surface area contributed by atoms with Crippen molar-refractivity contribution in [2.45, 2.75) is 49.1 Å². The van der Waals surface area contributed by atoms with Gasteiger partial charge in [0.25, 0.3) is 0 Å². The average Bonchev–Trinajstić information content (AvgIpc) is 2.80. The number of aromatic nitrogens is 2. The lowest BCUT2D eigenvalue weighted by molar-refractivity contribution is -0.133. The summed E-state index contributed by atoms with van der Waals surface area (Å²) in [6.07, 6.45) is 1.20. The SMILES string of the molecule is CC(=O)N1CCC(C(=O)Nc2ccc(Sc3nc(C)cc(C)n3)cc2)(c2ccccc2)CC1. The number of amides is 2. The summed E-state index contributed by atoms with van der Waals surface area (Å²) < 4.78 is 0. The maximum Gasteiger partial charge on any atom is 0.235 e. The van der Waals surface area contributed by atoms with Crippen LogP contribution in [0.4, 0.5) is 5.69 Å². The standard InChI is InChI=1S/C26H28N4O2S/c1-18-17-19(2)28-25(27-18)33-23-11-9-22(10-12-23)29-24(32)26(21-7-5-4-6-8-21)13-15-30(16-14-26)20(3)31/h4-12,17H,13-16H2,1-3H3,(H,29,32). The van der Waals surface area contributed by atoms with E-state index in [2.05, 4.69) is 15.3 Å². The van der Waals surface area contributed by atoms with Gasteiger partial charge in [-0.05, 0) is 74.3 Å². The first-order valence-corrected chi connectivity index (χ1v) is 11.9. The number of anilines is 1. The summed E-state index contributed by atoms with van der Waals surface area (Å²) in [5.74, 6) is 0.0212. The molecular formula is C26H28N4O2S. The molecule has 1 N–H and O–H groups in total. The third-order valence-electron chi connectivity index (χ3n) is 6.11. The molecule has 1 aromatic heterocycles. The van der Waals surface area contributed by atoms with E-state index in [0.717, 1.165) is 27.5 Å². The number of aryl methyl sites for hydroxylation is 2. The van der Waals surface area contributed by atoms with Crippen molar-refractivity contribution in [2.75, 3.05) is 18.4 Å². The van der Waals surface area contributed by atoms with Crippen LogP contribution in [0, 0.1) is 13.8 Å². The Morgan fingerprint density at radius 2 is 1.55 bits per heavy atom. The summed E-state index contributed by atoms with van der Waals surface area (Å²) in [4.78, 5) is 37.2. The third kappa shape index (κ3) is 5.25. The summed E-state index contributed by atoms with van der Waals surface area (Å²) in [7, 11) is 0. The number of rotatable bonds is 5. The van der Waals surface area contributed by atoms with Gasteiger partial charge in [0.05, 0.1) is 5.41 Å². The minimum absolute atomic E-state index is 0.0325. The number of piperidine rings is 1. The second kappa shape index (κ2) is 9.75. The molecule has 3 aromatic rings. The van der Waals surface area contributed by atoms with Crippen LogP contribution in [-0.2, 0) is 15.0 Å². The van der Waals surface area contributed by atoms with E-state index in [1.165, 1.54) is 11.8 Å². The van der Waals surface area contributed by atoms with Crippen molar-refractivity contribution in [3.63, 3.8) is 0 Å². The van der Waals surface area contributed by atoms with Crippen LogP contribution in [0.25, 0.3) is 0 Å². The molecule has 0 unspecified atom stereocenters. The van der Waals surface area contributed by atoms with Crippen LogP contribution in [0.5, 0.6) is 0 Å². The van der Waals surface area contributed by atoms with Crippen LogP contribution in [0.1, 0.15) is 36.7 Å². The second-order valence-electron chi connectivity index (χ2n) is 8.47. The highest BCUT2D eigenvalue weighted by atomic mass is 32.2. The van der Waals surface area contributed by atoms with E-state index in [9.17, 15) is 9.59 Å². The minimum atomic E-state index is -0.659. The highest BCUT2D eigenvalue weighted by molar-refractivity contribution is 7.99. The van der Waals surface area contributed by atoms with Crippen LogP contribution in [-0.4, -0.2) is 39.8 Å². The molecule has 0 saturated carbocycles. The van der Waals surface area contributed by atoms with E-state index >= 15 is 0 Å². The maximum absolute atomic E-state index is 13.6. The molecule has 6 nitrogen and oxygen atoms in total. The molecule has 0 aliphatic carbocycles. The molecule has 0 bridgehead atoms. The lowest BCUT2D eigenvalue weighted by atomic mass is 9.72. The van der Waals surface area contributed by atoms with Crippen LogP contribution in [0.15, 0.2) is 70.7 Å². The third-order valence-corrected chi connectivity index (χ3v) is 6.98. The van der Waals surface area contributed by atoms with Gasteiger partial charge in [0.1, 0.15) is 0 Å². The van der Waals surface area contributed by atoms with Gasteiger partial charge >= 0.3 is 0 Å². The molecule has 2 aromatic carbocycles. The fraction of sp³-hybridized carbons (Fsp3) is 0.308. The Morgan fingerprint density at radius 1 is 0.939 bits per heavy atom. The van der Waals surface area contributed by atoms with Gasteiger partial charge in [-0.25, -0.2) is 9.97 Å². The first-order valence-electron chi connectivity index (χ1n) is 11.1. The van der Waals surface area contributed by atoms with Gasteiger partial charge in [-0.1, -0.05) is 30.3 Å². The Kier molecular flexibility index (Phi) is 6.79. The summed E-state index contributed by atoms with van der Waals surface area (Å²) >= 11 is 1.50. The highest BCUT2D eigenvalue weighted by Gasteiger charge is 2.43. The van der Waals surface area contributed by atoms with Crippen molar-refractivity contribution in [2.24, 2.45) is 0 Å². The zero-order valence-electron chi connectivity index (χ0n) is 19.2. The van der Waals surface area contributed by atoms with E-state index in [4.69, 9.17) is 0 Å². The summed E-state index contributed by atoms with van der Waals surface area (Å²) in [5.41, 5.74) is 2.96. The van der Waals surface area contributed by atoms with Crippen LogP contribution < -0.4 is 5.32 Å². The fourth-order valence-electron chi connectivity index (χ4n) is 4.31. The molecule has 1 aliphatic heterocycles. The van der Waals surface area contributed by atoms with Gasteiger partial charge in [-0.2, -0.15) is 0 Å². The van der Waals surface area contributed by atoms with Crippen molar-refractivity contribution in [3.8, 4) is 0 Å². The van der Waals surface area contributed by atoms with Crippen molar-refractivity contribution >= 4 is 29.3 Å². The lowest BCUT2D eigenvalue weighted by Crippen LogP contribution is -2.50. The number of carbonyl (C=O) groups is 2. The van der Waals surface area contributed by atoms with Gasteiger partial charge in [0.2, 0.25) is 11.8 Å². The molecule has 2 amide bonds. The minimum Gasteiger partial charge on any atom is -0.343 e. The molecule has 0 radical (unpaired) electrons. The van der Waals surface area contributed by atoms with E-state index in [1.54, 1.807) is 6.92 Å². The van der Waals surface area contributed by atoms with Gasteiger partial charge in [0.15, 0.2) is 5.16 Å². The number of nitrogens with one attached hydrogen (secondary N) is 1. The normalized spacial score (nSPS) is 15.2. The Labute approximate surface area is 198 Å². The van der Waals surface area contributed by atoms with Crippen molar-refractivity contribution in [1.29, 1.82) is 0 Å². The molecule has 1 fully saturated rings. The first-order chi connectivity index (χ1) is 15.9. The van der Waals surface area contributed by atoms with Gasteiger partial charge in [0, 0.05) is 42.0 Å². The molecule has 1 saturated heterocycles. The predicted octanol–water partition coefficient (Wildman–Crippen LogP) is 4.76. The first kappa shape index (κ1) is 23.0. The van der Waals surface area contributed by atoms with Crippen molar-refractivity contribution in [1.82, 2.24) is 14.9 Å². The number of hydrogen-bond donors (Lipinski definition) is 1. The molecule has 7 heteroatoms. The molecule has 2 heterocycles. The Bertz CT molecular complexity index is 1120. The summed E-state index contributed by atoms with van der Waals surface area (Å²) in [6.45, 7) is 6.65. The molecule has 170 valence electrons. The molecular weight excluding hydrogens is 432 g/mol. The van der Waals surface area contributed by atoms with Crippen molar-refractivity contribution < 1.29 is 9.59 Å². The zero-order chi connectivity index (χ0) is 23.4. The Balaban J connectivity index is 1.50. The molecule has 4 rings (SSSR count). The quantitative estimate of drug-likeness (QED) is 0.556. The van der Waals surface area contributed by atoms with E-state index in [1.807, 2.05) is 79.4 Å².